The van der Waals surface area contributed by atoms with Crippen LogP contribution in [0.5, 0.6) is 0 Å². The molecule has 1 aromatic carbocycles. The van der Waals surface area contributed by atoms with Crippen LogP contribution in [0.1, 0.15) is 5.56 Å². The summed E-state index contributed by atoms with van der Waals surface area (Å²) < 4.78 is 1.84. The summed E-state index contributed by atoms with van der Waals surface area (Å²) in [6, 6.07) is 5.74. The van der Waals surface area contributed by atoms with Gasteiger partial charge in [0.05, 0.1) is 23.9 Å². The van der Waals surface area contributed by atoms with Gasteiger partial charge in [0.15, 0.2) is 5.65 Å². The normalized spacial score (nSPS) is 15.7. The van der Waals surface area contributed by atoms with Crippen molar-refractivity contribution in [1.29, 1.82) is 0 Å². The first-order chi connectivity index (χ1) is 12.7. The number of piperazine rings is 1. The number of hydrogen-bond donors (Lipinski definition) is 1. The fourth-order valence-corrected chi connectivity index (χ4v) is 3.67. The SMILES string of the molecule is Cc1cc(Cl)ccc1-n1ncc2c(N3CCN(CCO)CC3)ncnc21. The van der Waals surface area contributed by atoms with Crippen molar-refractivity contribution in [2.24, 2.45) is 0 Å². The number of anilines is 1. The predicted octanol–water partition coefficient (Wildman–Crippen LogP) is 1.89. The summed E-state index contributed by atoms with van der Waals surface area (Å²) >= 11 is 6.08. The minimum Gasteiger partial charge on any atom is -0.395 e. The van der Waals surface area contributed by atoms with Crippen LogP contribution in [-0.4, -0.2) is 69.1 Å². The molecule has 0 saturated carbocycles. The summed E-state index contributed by atoms with van der Waals surface area (Å²) in [5.41, 5.74) is 2.79. The lowest BCUT2D eigenvalue weighted by molar-refractivity contribution is 0.188. The van der Waals surface area contributed by atoms with Gasteiger partial charge in [-0.25, -0.2) is 14.6 Å². The Labute approximate surface area is 156 Å². The standard InChI is InChI=1S/C18H21ClN6O/c1-13-10-14(19)2-3-16(13)25-18-15(11-22-25)17(20-12-21-18)24-6-4-23(5-7-24)8-9-26/h2-3,10-12,26H,4-9H2,1H3. The van der Waals surface area contributed by atoms with Gasteiger partial charge in [0.2, 0.25) is 0 Å². The molecule has 0 atom stereocenters. The molecule has 136 valence electrons. The van der Waals surface area contributed by atoms with Crippen LogP contribution >= 0.6 is 11.6 Å². The fourth-order valence-electron chi connectivity index (χ4n) is 3.44. The second-order valence-corrected chi connectivity index (χ2v) is 6.91. The highest BCUT2D eigenvalue weighted by atomic mass is 35.5. The Bertz CT molecular complexity index is 919. The Morgan fingerprint density at radius 1 is 1.15 bits per heavy atom. The van der Waals surface area contributed by atoms with Crippen LogP contribution in [0.3, 0.4) is 0 Å². The van der Waals surface area contributed by atoms with E-state index in [1.54, 1.807) is 6.33 Å². The summed E-state index contributed by atoms with van der Waals surface area (Å²) in [7, 11) is 0. The van der Waals surface area contributed by atoms with Gasteiger partial charge in [0.1, 0.15) is 12.1 Å². The monoisotopic (exact) mass is 372 g/mol. The molecule has 0 unspecified atom stereocenters. The third-order valence-corrected chi connectivity index (χ3v) is 5.05. The second kappa shape index (κ2) is 7.19. The van der Waals surface area contributed by atoms with Crippen LogP contribution in [0.25, 0.3) is 16.7 Å². The lowest BCUT2D eigenvalue weighted by atomic mass is 10.2. The lowest BCUT2D eigenvalue weighted by Gasteiger charge is -2.35. The zero-order valence-corrected chi connectivity index (χ0v) is 15.4. The van der Waals surface area contributed by atoms with Crippen molar-refractivity contribution < 1.29 is 5.11 Å². The van der Waals surface area contributed by atoms with E-state index in [2.05, 4.69) is 24.9 Å². The first kappa shape index (κ1) is 17.2. The Kier molecular flexibility index (Phi) is 4.76. The van der Waals surface area contributed by atoms with Gasteiger partial charge in [-0.15, -0.1) is 0 Å². The van der Waals surface area contributed by atoms with E-state index in [1.807, 2.05) is 36.0 Å². The first-order valence-electron chi connectivity index (χ1n) is 8.71. The number of hydrogen-bond acceptors (Lipinski definition) is 6. The van der Waals surface area contributed by atoms with Crippen molar-refractivity contribution in [3.63, 3.8) is 0 Å². The molecular weight excluding hydrogens is 352 g/mol. The van der Waals surface area contributed by atoms with Gasteiger partial charge in [-0.05, 0) is 30.7 Å². The number of aromatic nitrogens is 4. The molecule has 7 nitrogen and oxygen atoms in total. The molecule has 2 aromatic heterocycles. The maximum atomic E-state index is 9.10. The maximum Gasteiger partial charge on any atom is 0.168 e. The smallest absolute Gasteiger partial charge is 0.168 e. The molecule has 0 bridgehead atoms. The van der Waals surface area contributed by atoms with E-state index in [1.165, 1.54) is 0 Å². The number of aliphatic hydroxyl groups is 1. The number of rotatable bonds is 4. The zero-order chi connectivity index (χ0) is 18.1. The molecule has 0 amide bonds. The largest absolute Gasteiger partial charge is 0.395 e. The van der Waals surface area contributed by atoms with Crippen molar-refractivity contribution in [3.8, 4) is 5.69 Å². The van der Waals surface area contributed by atoms with Gasteiger partial charge in [0.25, 0.3) is 0 Å². The molecular formula is C18H21ClN6O. The zero-order valence-electron chi connectivity index (χ0n) is 14.6. The Hall–Kier alpha value is -2.22. The molecule has 8 heteroatoms. The average molecular weight is 373 g/mol. The van der Waals surface area contributed by atoms with Gasteiger partial charge in [-0.3, -0.25) is 4.90 Å². The van der Waals surface area contributed by atoms with Crippen molar-refractivity contribution in [3.05, 3.63) is 41.3 Å². The summed E-state index contributed by atoms with van der Waals surface area (Å²) in [5, 5.41) is 15.3. The second-order valence-electron chi connectivity index (χ2n) is 6.47. The van der Waals surface area contributed by atoms with Crippen LogP contribution in [0.15, 0.2) is 30.7 Å². The van der Waals surface area contributed by atoms with Crippen molar-refractivity contribution in [2.45, 2.75) is 6.92 Å². The summed E-state index contributed by atoms with van der Waals surface area (Å²) in [4.78, 5) is 13.5. The third-order valence-electron chi connectivity index (χ3n) is 4.82. The number of β-amino-alcohol motifs (C(OH)–C–C–N with tert-alkyl or cyclic N) is 1. The minimum absolute atomic E-state index is 0.199. The van der Waals surface area contributed by atoms with E-state index in [9.17, 15) is 0 Å². The number of fused-ring (bicyclic) bond motifs is 1. The van der Waals surface area contributed by atoms with Crippen LogP contribution in [0, 0.1) is 6.92 Å². The molecule has 1 N–H and O–H groups in total. The van der Waals surface area contributed by atoms with Gasteiger partial charge >= 0.3 is 0 Å². The summed E-state index contributed by atoms with van der Waals surface area (Å²) in [6.07, 6.45) is 3.43. The van der Waals surface area contributed by atoms with Crippen molar-refractivity contribution in [2.75, 3.05) is 44.2 Å². The van der Waals surface area contributed by atoms with Crippen molar-refractivity contribution >= 4 is 28.5 Å². The minimum atomic E-state index is 0.199. The molecule has 1 saturated heterocycles. The van der Waals surface area contributed by atoms with E-state index in [4.69, 9.17) is 16.7 Å². The van der Waals surface area contributed by atoms with E-state index in [0.29, 0.717) is 5.02 Å². The third kappa shape index (κ3) is 3.13. The average Bonchev–Trinajstić information content (AvgIpc) is 3.07. The molecule has 1 aliphatic heterocycles. The number of aryl methyl sites for hydroxylation is 1. The molecule has 0 radical (unpaired) electrons. The van der Waals surface area contributed by atoms with Gasteiger partial charge in [-0.1, -0.05) is 11.6 Å². The maximum absolute atomic E-state index is 9.10. The number of benzene rings is 1. The van der Waals surface area contributed by atoms with E-state index in [0.717, 1.165) is 60.8 Å². The fraction of sp³-hybridized carbons (Fsp3) is 0.389. The molecule has 1 fully saturated rings. The topological polar surface area (TPSA) is 70.3 Å². The number of halogens is 1. The van der Waals surface area contributed by atoms with E-state index < -0.39 is 0 Å². The van der Waals surface area contributed by atoms with Gasteiger partial charge < -0.3 is 10.0 Å². The molecule has 3 heterocycles. The molecule has 3 aromatic rings. The van der Waals surface area contributed by atoms with Gasteiger partial charge in [-0.2, -0.15) is 5.10 Å². The van der Waals surface area contributed by atoms with Crippen LogP contribution < -0.4 is 4.90 Å². The molecule has 0 aliphatic carbocycles. The van der Waals surface area contributed by atoms with Crippen molar-refractivity contribution in [1.82, 2.24) is 24.6 Å². The van der Waals surface area contributed by atoms with Crippen LogP contribution in [0.4, 0.5) is 5.82 Å². The number of nitrogens with zero attached hydrogens (tertiary/aromatic N) is 6. The van der Waals surface area contributed by atoms with Gasteiger partial charge in [0, 0.05) is 37.7 Å². The number of aliphatic hydroxyl groups excluding tert-OH is 1. The highest BCUT2D eigenvalue weighted by Gasteiger charge is 2.21. The quantitative estimate of drug-likeness (QED) is 0.754. The van der Waals surface area contributed by atoms with E-state index in [-0.39, 0.29) is 6.61 Å². The van der Waals surface area contributed by atoms with E-state index >= 15 is 0 Å². The van der Waals surface area contributed by atoms with Crippen LogP contribution in [-0.2, 0) is 0 Å². The summed E-state index contributed by atoms with van der Waals surface area (Å²) in [6.45, 7) is 6.50. The Morgan fingerprint density at radius 3 is 2.69 bits per heavy atom. The Balaban J connectivity index is 1.68. The molecule has 0 spiro atoms. The lowest BCUT2D eigenvalue weighted by Crippen LogP contribution is -2.47. The highest BCUT2D eigenvalue weighted by molar-refractivity contribution is 6.30. The molecule has 1 aliphatic rings. The Morgan fingerprint density at radius 2 is 1.96 bits per heavy atom. The highest BCUT2D eigenvalue weighted by Crippen LogP contribution is 2.27. The predicted molar refractivity (Wildman–Crippen MR) is 102 cm³/mol. The molecule has 26 heavy (non-hydrogen) atoms. The molecule has 4 rings (SSSR count). The van der Waals surface area contributed by atoms with Crippen LogP contribution in [0.2, 0.25) is 5.02 Å². The first-order valence-corrected chi connectivity index (χ1v) is 9.08. The summed E-state index contributed by atoms with van der Waals surface area (Å²) in [5.74, 6) is 0.913.